The first-order chi connectivity index (χ1) is 6.22. The summed E-state index contributed by atoms with van der Waals surface area (Å²) in [5.74, 6) is 1.95. The van der Waals surface area contributed by atoms with E-state index in [4.69, 9.17) is 10.2 Å². The minimum absolute atomic E-state index is 0.454. The summed E-state index contributed by atoms with van der Waals surface area (Å²) >= 11 is 0. The Morgan fingerprint density at radius 2 is 2.31 bits per heavy atom. The molecule has 0 aliphatic rings. The van der Waals surface area contributed by atoms with Gasteiger partial charge in [-0.15, -0.1) is 0 Å². The average Bonchev–Trinajstić information content (AvgIpc) is 2.49. The van der Waals surface area contributed by atoms with Gasteiger partial charge in [0.15, 0.2) is 0 Å². The van der Waals surface area contributed by atoms with E-state index < -0.39 is 0 Å². The van der Waals surface area contributed by atoms with E-state index in [0.717, 1.165) is 31.0 Å². The smallest absolute Gasteiger partial charge is 0.117 e. The van der Waals surface area contributed by atoms with Gasteiger partial charge in [0, 0.05) is 6.04 Å². The molecule has 3 nitrogen and oxygen atoms in total. The number of nitrogens with one attached hydrogen (secondary N) is 1. The van der Waals surface area contributed by atoms with Crippen molar-refractivity contribution in [3.63, 3.8) is 0 Å². The Morgan fingerprint density at radius 1 is 1.54 bits per heavy atom. The van der Waals surface area contributed by atoms with Crippen LogP contribution >= 0.6 is 0 Å². The van der Waals surface area contributed by atoms with Crippen molar-refractivity contribution in [3.8, 4) is 0 Å². The second-order valence-corrected chi connectivity index (χ2v) is 3.37. The second kappa shape index (κ2) is 5.04. The predicted octanol–water partition coefficient (Wildman–Crippen LogP) is 1.41. The summed E-state index contributed by atoms with van der Waals surface area (Å²) < 4.78 is 5.42. The molecule has 3 heteroatoms. The predicted molar refractivity (Wildman–Crippen MR) is 53.4 cm³/mol. The number of hydrogen-bond acceptors (Lipinski definition) is 3. The molecule has 1 rings (SSSR count). The molecule has 1 aromatic heterocycles. The molecular weight excluding hydrogens is 164 g/mol. The molecule has 1 heterocycles. The summed E-state index contributed by atoms with van der Waals surface area (Å²) in [6.07, 6.45) is 1.000. The zero-order valence-corrected chi connectivity index (χ0v) is 8.34. The molecule has 0 radical (unpaired) electrons. The first-order valence-corrected chi connectivity index (χ1v) is 4.71. The topological polar surface area (TPSA) is 51.2 Å². The van der Waals surface area contributed by atoms with Crippen LogP contribution in [-0.2, 0) is 6.54 Å². The molecule has 1 atom stereocenters. The van der Waals surface area contributed by atoms with Crippen molar-refractivity contribution >= 4 is 0 Å². The fourth-order valence-corrected chi connectivity index (χ4v) is 1.21. The van der Waals surface area contributed by atoms with Crippen LogP contribution in [0.15, 0.2) is 16.5 Å². The molecule has 13 heavy (non-hydrogen) atoms. The van der Waals surface area contributed by atoms with Crippen molar-refractivity contribution in [3.05, 3.63) is 23.7 Å². The zero-order chi connectivity index (χ0) is 9.68. The van der Waals surface area contributed by atoms with Crippen LogP contribution in [0.5, 0.6) is 0 Å². The highest BCUT2D eigenvalue weighted by atomic mass is 16.3. The van der Waals surface area contributed by atoms with Crippen LogP contribution < -0.4 is 11.1 Å². The SMILES string of the molecule is Cc1ccc(CNC(C)CCN)o1. The van der Waals surface area contributed by atoms with Gasteiger partial charge in [0.25, 0.3) is 0 Å². The Balaban J connectivity index is 2.26. The Labute approximate surface area is 79.3 Å². The van der Waals surface area contributed by atoms with Gasteiger partial charge in [-0.25, -0.2) is 0 Å². The second-order valence-electron chi connectivity index (χ2n) is 3.37. The van der Waals surface area contributed by atoms with Crippen LogP contribution in [0.1, 0.15) is 24.9 Å². The lowest BCUT2D eigenvalue weighted by atomic mass is 10.2. The lowest BCUT2D eigenvalue weighted by Crippen LogP contribution is -2.27. The standard InChI is InChI=1S/C10H18N2O/c1-8(5-6-11)12-7-10-4-3-9(2)13-10/h3-4,8,12H,5-7,11H2,1-2H3. The van der Waals surface area contributed by atoms with Crippen molar-refractivity contribution in [1.29, 1.82) is 0 Å². The molecule has 0 spiro atoms. The minimum atomic E-state index is 0.454. The summed E-state index contributed by atoms with van der Waals surface area (Å²) in [7, 11) is 0. The van der Waals surface area contributed by atoms with E-state index in [-0.39, 0.29) is 0 Å². The molecule has 74 valence electrons. The largest absolute Gasteiger partial charge is 0.465 e. The molecule has 0 amide bonds. The Hall–Kier alpha value is -0.800. The van der Waals surface area contributed by atoms with Crippen LogP contribution in [0.3, 0.4) is 0 Å². The van der Waals surface area contributed by atoms with E-state index in [1.165, 1.54) is 0 Å². The Kier molecular flexibility index (Phi) is 3.99. The molecule has 0 aromatic carbocycles. The monoisotopic (exact) mass is 182 g/mol. The van der Waals surface area contributed by atoms with Crippen LogP contribution in [0.2, 0.25) is 0 Å². The molecule has 0 saturated carbocycles. The lowest BCUT2D eigenvalue weighted by Gasteiger charge is -2.10. The summed E-state index contributed by atoms with van der Waals surface area (Å²) in [6, 6.07) is 4.43. The third-order valence-corrected chi connectivity index (χ3v) is 2.02. The quantitative estimate of drug-likeness (QED) is 0.724. The van der Waals surface area contributed by atoms with Crippen molar-refractivity contribution in [1.82, 2.24) is 5.32 Å². The van der Waals surface area contributed by atoms with Gasteiger partial charge in [-0.2, -0.15) is 0 Å². The third kappa shape index (κ3) is 3.61. The van der Waals surface area contributed by atoms with E-state index in [2.05, 4.69) is 12.2 Å². The van der Waals surface area contributed by atoms with Gasteiger partial charge in [-0.1, -0.05) is 0 Å². The Morgan fingerprint density at radius 3 is 2.85 bits per heavy atom. The molecule has 1 unspecified atom stereocenters. The van der Waals surface area contributed by atoms with Gasteiger partial charge in [0.1, 0.15) is 11.5 Å². The van der Waals surface area contributed by atoms with E-state index in [0.29, 0.717) is 6.04 Å². The van der Waals surface area contributed by atoms with E-state index in [1.807, 2.05) is 19.1 Å². The number of aryl methyl sites for hydroxylation is 1. The van der Waals surface area contributed by atoms with E-state index >= 15 is 0 Å². The molecular formula is C10H18N2O. The molecule has 3 N–H and O–H groups in total. The maximum atomic E-state index is 5.44. The number of hydrogen-bond donors (Lipinski definition) is 2. The molecule has 0 saturated heterocycles. The van der Waals surface area contributed by atoms with Gasteiger partial charge < -0.3 is 15.5 Å². The maximum absolute atomic E-state index is 5.44. The zero-order valence-electron chi connectivity index (χ0n) is 8.34. The van der Waals surface area contributed by atoms with E-state index in [1.54, 1.807) is 0 Å². The van der Waals surface area contributed by atoms with Gasteiger partial charge in [0.2, 0.25) is 0 Å². The van der Waals surface area contributed by atoms with E-state index in [9.17, 15) is 0 Å². The summed E-state index contributed by atoms with van der Waals surface area (Å²) in [5, 5.41) is 3.34. The third-order valence-electron chi connectivity index (χ3n) is 2.02. The highest BCUT2D eigenvalue weighted by Gasteiger charge is 2.02. The van der Waals surface area contributed by atoms with Gasteiger partial charge in [-0.05, 0) is 38.9 Å². The minimum Gasteiger partial charge on any atom is -0.465 e. The first-order valence-electron chi connectivity index (χ1n) is 4.71. The summed E-state index contributed by atoms with van der Waals surface area (Å²) in [5.41, 5.74) is 5.44. The van der Waals surface area contributed by atoms with Crippen LogP contribution in [0.4, 0.5) is 0 Å². The Bertz CT molecular complexity index is 245. The molecule has 0 aliphatic heterocycles. The maximum Gasteiger partial charge on any atom is 0.117 e. The fourth-order valence-electron chi connectivity index (χ4n) is 1.21. The van der Waals surface area contributed by atoms with Gasteiger partial charge >= 0.3 is 0 Å². The normalized spacial score (nSPS) is 13.2. The number of rotatable bonds is 5. The summed E-state index contributed by atoms with van der Waals surface area (Å²) in [4.78, 5) is 0. The van der Waals surface area contributed by atoms with Crippen LogP contribution in [0, 0.1) is 6.92 Å². The van der Waals surface area contributed by atoms with Gasteiger partial charge in [0.05, 0.1) is 6.54 Å². The molecule has 1 aromatic rings. The van der Waals surface area contributed by atoms with Crippen LogP contribution in [0.25, 0.3) is 0 Å². The van der Waals surface area contributed by atoms with Crippen molar-refractivity contribution in [2.45, 2.75) is 32.9 Å². The molecule has 0 bridgehead atoms. The van der Waals surface area contributed by atoms with Crippen molar-refractivity contribution in [2.24, 2.45) is 5.73 Å². The van der Waals surface area contributed by atoms with Crippen molar-refractivity contribution < 1.29 is 4.42 Å². The van der Waals surface area contributed by atoms with Gasteiger partial charge in [-0.3, -0.25) is 0 Å². The highest BCUT2D eigenvalue weighted by molar-refractivity contribution is 5.05. The first kappa shape index (κ1) is 10.3. The van der Waals surface area contributed by atoms with Crippen molar-refractivity contribution in [2.75, 3.05) is 6.54 Å². The summed E-state index contributed by atoms with van der Waals surface area (Å²) in [6.45, 7) is 5.59. The fraction of sp³-hybridized carbons (Fsp3) is 0.600. The average molecular weight is 182 g/mol. The number of furan rings is 1. The molecule has 0 fully saturated rings. The highest BCUT2D eigenvalue weighted by Crippen LogP contribution is 2.05. The molecule has 0 aliphatic carbocycles. The lowest BCUT2D eigenvalue weighted by molar-refractivity contribution is 0.433. The number of nitrogens with two attached hydrogens (primary N) is 1. The van der Waals surface area contributed by atoms with Crippen LogP contribution in [-0.4, -0.2) is 12.6 Å².